The number of morpholine rings is 1. The minimum Gasteiger partial charge on any atom is -0.374 e. The van der Waals surface area contributed by atoms with Gasteiger partial charge >= 0.3 is 6.30 Å². The van der Waals surface area contributed by atoms with Crippen molar-refractivity contribution >= 4 is 0 Å². The van der Waals surface area contributed by atoms with Crippen molar-refractivity contribution in [2.24, 2.45) is 0 Å². The summed E-state index contributed by atoms with van der Waals surface area (Å²) >= 11 is 0. The van der Waals surface area contributed by atoms with Crippen LogP contribution in [0.25, 0.3) is 0 Å². The van der Waals surface area contributed by atoms with Gasteiger partial charge in [-0.2, -0.15) is 13.2 Å². The molecule has 0 unspecified atom stereocenters. The maximum absolute atomic E-state index is 12.4. The normalized spacial score (nSPS) is 24.8. The minimum atomic E-state index is -4.24. The zero-order chi connectivity index (χ0) is 11.5. The molecule has 0 radical (unpaired) electrons. The molecule has 0 aromatic rings. The third-order valence-corrected chi connectivity index (χ3v) is 2.25. The molecule has 1 heterocycles. The highest BCUT2D eigenvalue weighted by atomic mass is 19.4. The molecular formula is C9H17F3N2O. The van der Waals surface area contributed by atoms with E-state index in [-0.39, 0.29) is 31.8 Å². The number of alkyl halides is 3. The maximum atomic E-state index is 12.4. The van der Waals surface area contributed by atoms with Crippen molar-refractivity contribution in [1.82, 2.24) is 10.2 Å². The van der Waals surface area contributed by atoms with Crippen LogP contribution < -0.4 is 5.32 Å². The molecule has 0 amide bonds. The van der Waals surface area contributed by atoms with Gasteiger partial charge in [0.2, 0.25) is 0 Å². The molecule has 1 fully saturated rings. The minimum absolute atomic E-state index is 0.0678. The highest BCUT2D eigenvalue weighted by molar-refractivity contribution is 4.75. The van der Waals surface area contributed by atoms with Gasteiger partial charge in [-0.1, -0.05) is 13.8 Å². The van der Waals surface area contributed by atoms with Crippen LogP contribution in [0.2, 0.25) is 0 Å². The van der Waals surface area contributed by atoms with E-state index in [1.54, 1.807) is 0 Å². The topological polar surface area (TPSA) is 24.5 Å². The van der Waals surface area contributed by atoms with Gasteiger partial charge in [0.1, 0.15) is 0 Å². The molecule has 0 aliphatic carbocycles. The average Bonchev–Trinajstić information content (AvgIpc) is 2.14. The van der Waals surface area contributed by atoms with Gasteiger partial charge in [-0.25, -0.2) is 4.90 Å². The lowest BCUT2D eigenvalue weighted by Gasteiger charge is -2.34. The predicted octanol–water partition coefficient (Wildman–Crippen LogP) is 1.20. The quantitative estimate of drug-likeness (QED) is 0.732. The molecule has 3 nitrogen and oxygen atoms in total. The Labute approximate surface area is 87.6 Å². The van der Waals surface area contributed by atoms with Gasteiger partial charge in [-0.15, -0.1) is 0 Å². The molecule has 6 heteroatoms. The lowest BCUT2D eigenvalue weighted by molar-refractivity contribution is -0.266. The fourth-order valence-corrected chi connectivity index (χ4v) is 1.44. The predicted molar refractivity (Wildman–Crippen MR) is 50.5 cm³/mol. The molecule has 0 aromatic heterocycles. The second kappa shape index (κ2) is 5.14. The van der Waals surface area contributed by atoms with Gasteiger partial charge in [0, 0.05) is 25.7 Å². The molecule has 0 bridgehead atoms. The van der Waals surface area contributed by atoms with Gasteiger partial charge in [0.15, 0.2) is 0 Å². The first kappa shape index (κ1) is 12.7. The number of nitrogens with zero attached hydrogens (tertiary/aromatic N) is 1. The third-order valence-electron chi connectivity index (χ3n) is 2.25. The number of ether oxygens (including phenoxy) is 1. The molecule has 1 N–H and O–H groups in total. The summed E-state index contributed by atoms with van der Waals surface area (Å²) in [5, 5.41) is 3.07. The Balaban J connectivity index is 2.36. The van der Waals surface area contributed by atoms with E-state index in [4.69, 9.17) is 4.74 Å². The monoisotopic (exact) mass is 226 g/mol. The zero-order valence-corrected chi connectivity index (χ0v) is 8.97. The van der Waals surface area contributed by atoms with Gasteiger partial charge < -0.3 is 10.1 Å². The Morgan fingerprint density at radius 2 is 2.13 bits per heavy atom. The molecule has 0 aromatic carbocycles. The fourth-order valence-electron chi connectivity index (χ4n) is 1.44. The number of hydrogen-bond acceptors (Lipinski definition) is 3. The first-order chi connectivity index (χ1) is 6.89. The summed E-state index contributed by atoms with van der Waals surface area (Å²) in [6.45, 7) is 4.35. The summed E-state index contributed by atoms with van der Waals surface area (Å²) in [6.07, 6.45) is -4.61. The van der Waals surface area contributed by atoms with Crippen molar-refractivity contribution in [3.05, 3.63) is 0 Å². The zero-order valence-electron chi connectivity index (χ0n) is 8.97. The van der Waals surface area contributed by atoms with E-state index in [1.807, 2.05) is 13.8 Å². The van der Waals surface area contributed by atoms with Crippen molar-refractivity contribution in [1.29, 1.82) is 0 Å². The summed E-state index contributed by atoms with van der Waals surface area (Å²) in [4.78, 5) is 0.503. The molecule has 1 aliphatic heterocycles. The summed E-state index contributed by atoms with van der Waals surface area (Å²) in [7, 11) is 0. The lowest BCUT2D eigenvalue weighted by Crippen LogP contribution is -2.52. The SMILES string of the molecule is CC(C)NC[C@H]1CN(C(F)(F)F)CCO1. The van der Waals surface area contributed by atoms with Crippen molar-refractivity contribution in [2.75, 3.05) is 26.2 Å². The number of rotatable bonds is 3. The van der Waals surface area contributed by atoms with Crippen LogP contribution in [0.4, 0.5) is 13.2 Å². The Bertz CT molecular complexity index is 196. The van der Waals surface area contributed by atoms with E-state index < -0.39 is 6.30 Å². The van der Waals surface area contributed by atoms with E-state index in [2.05, 4.69) is 5.32 Å². The molecule has 90 valence electrons. The Hall–Kier alpha value is -0.330. The highest BCUT2D eigenvalue weighted by Gasteiger charge is 2.40. The molecular weight excluding hydrogens is 209 g/mol. The molecule has 0 saturated carbocycles. The van der Waals surface area contributed by atoms with E-state index in [0.29, 0.717) is 11.4 Å². The molecule has 1 rings (SSSR count). The van der Waals surface area contributed by atoms with Crippen LogP contribution in [0.15, 0.2) is 0 Å². The first-order valence-corrected chi connectivity index (χ1v) is 5.06. The van der Waals surface area contributed by atoms with Crippen molar-refractivity contribution < 1.29 is 17.9 Å². The summed E-state index contributed by atoms with van der Waals surface area (Å²) in [6, 6.07) is 0.259. The van der Waals surface area contributed by atoms with Gasteiger partial charge in [0.05, 0.1) is 12.7 Å². The Morgan fingerprint density at radius 3 is 2.67 bits per heavy atom. The van der Waals surface area contributed by atoms with Crippen molar-refractivity contribution in [3.63, 3.8) is 0 Å². The van der Waals surface area contributed by atoms with Crippen LogP contribution in [-0.4, -0.2) is 49.6 Å². The van der Waals surface area contributed by atoms with Crippen molar-refractivity contribution in [2.45, 2.75) is 32.3 Å². The van der Waals surface area contributed by atoms with E-state index >= 15 is 0 Å². The summed E-state index contributed by atoms with van der Waals surface area (Å²) in [5.74, 6) is 0. The number of nitrogens with one attached hydrogen (secondary N) is 1. The molecule has 0 spiro atoms. The second-order valence-electron chi connectivity index (χ2n) is 3.97. The number of hydrogen-bond donors (Lipinski definition) is 1. The second-order valence-corrected chi connectivity index (χ2v) is 3.97. The van der Waals surface area contributed by atoms with Crippen molar-refractivity contribution in [3.8, 4) is 0 Å². The fraction of sp³-hybridized carbons (Fsp3) is 1.00. The lowest BCUT2D eigenvalue weighted by atomic mass is 10.2. The van der Waals surface area contributed by atoms with E-state index in [1.165, 1.54) is 0 Å². The molecule has 1 atom stereocenters. The Morgan fingerprint density at radius 1 is 1.47 bits per heavy atom. The number of halogens is 3. The van der Waals surface area contributed by atoms with Gasteiger partial charge in [-0.05, 0) is 0 Å². The van der Waals surface area contributed by atoms with Crippen LogP contribution in [0.1, 0.15) is 13.8 Å². The standard InChI is InChI=1S/C9H17F3N2O/c1-7(2)13-5-8-6-14(3-4-15-8)9(10,11)12/h7-8,13H,3-6H2,1-2H3/t8-/m0/s1. The van der Waals surface area contributed by atoms with E-state index in [0.717, 1.165) is 0 Å². The van der Waals surface area contributed by atoms with E-state index in [9.17, 15) is 13.2 Å². The summed E-state index contributed by atoms with van der Waals surface area (Å²) in [5.41, 5.74) is 0. The van der Waals surface area contributed by atoms with Crippen LogP contribution in [-0.2, 0) is 4.74 Å². The Kier molecular flexibility index (Phi) is 4.36. The average molecular weight is 226 g/mol. The largest absolute Gasteiger partial charge is 0.460 e. The van der Waals surface area contributed by atoms with Crippen LogP contribution in [0.5, 0.6) is 0 Å². The molecule has 1 aliphatic rings. The van der Waals surface area contributed by atoms with Gasteiger partial charge in [-0.3, -0.25) is 0 Å². The smallest absolute Gasteiger partial charge is 0.374 e. The van der Waals surface area contributed by atoms with Crippen LogP contribution in [0.3, 0.4) is 0 Å². The third kappa shape index (κ3) is 4.36. The van der Waals surface area contributed by atoms with Gasteiger partial charge in [0.25, 0.3) is 0 Å². The first-order valence-electron chi connectivity index (χ1n) is 5.06. The van der Waals surface area contributed by atoms with Crippen LogP contribution >= 0.6 is 0 Å². The highest BCUT2D eigenvalue weighted by Crippen LogP contribution is 2.23. The maximum Gasteiger partial charge on any atom is 0.460 e. The molecule has 15 heavy (non-hydrogen) atoms. The van der Waals surface area contributed by atoms with Crippen LogP contribution in [0, 0.1) is 0 Å². The summed E-state index contributed by atoms with van der Waals surface area (Å²) < 4.78 is 42.3. The molecule has 1 saturated heterocycles.